The van der Waals surface area contributed by atoms with Crippen molar-refractivity contribution in [2.75, 3.05) is 19.8 Å². The molecule has 0 saturated carbocycles. The fourth-order valence-corrected chi connectivity index (χ4v) is 1.19. The summed E-state index contributed by atoms with van der Waals surface area (Å²) in [6, 6.07) is 0. The van der Waals surface area contributed by atoms with Gasteiger partial charge in [-0.1, -0.05) is 36.7 Å². The van der Waals surface area contributed by atoms with E-state index in [2.05, 4.69) is 28.2 Å². The summed E-state index contributed by atoms with van der Waals surface area (Å²) in [5, 5.41) is 2.87. The molecule has 0 aromatic rings. The highest BCUT2D eigenvalue weighted by Gasteiger charge is 2.17. The van der Waals surface area contributed by atoms with Gasteiger partial charge in [0.05, 0.1) is 4.83 Å². The second-order valence-electron chi connectivity index (χ2n) is 3.90. The van der Waals surface area contributed by atoms with Crippen molar-refractivity contribution in [1.82, 2.24) is 5.32 Å². The zero-order valence-corrected chi connectivity index (χ0v) is 11.5. The summed E-state index contributed by atoms with van der Waals surface area (Å²) in [7, 11) is 0. The van der Waals surface area contributed by atoms with Crippen LogP contribution in [0.25, 0.3) is 0 Å². The average Bonchev–Trinajstić information content (AvgIpc) is 2.21. The molecule has 0 rings (SSSR count). The molecule has 90 valence electrons. The van der Waals surface area contributed by atoms with Gasteiger partial charge in [0.25, 0.3) is 0 Å². The van der Waals surface area contributed by atoms with Crippen molar-refractivity contribution in [3.05, 3.63) is 0 Å². The number of alkyl halides is 1. The largest absolute Gasteiger partial charge is 0.381 e. The van der Waals surface area contributed by atoms with E-state index in [9.17, 15) is 4.79 Å². The molecule has 15 heavy (non-hydrogen) atoms. The number of amides is 1. The molecule has 1 unspecified atom stereocenters. The molecule has 0 bridgehead atoms. The van der Waals surface area contributed by atoms with Crippen molar-refractivity contribution < 1.29 is 9.53 Å². The van der Waals surface area contributed by atoms with Crippen LogP contribution in [0.4, 0.5) is 0 Å². The molecule has 1 N–H and O–H groups in total. The lowest BCUT2D eigenvalue weighted by atomic mass is 10.1. The maximum Gasteiger partial charge on any atom is 0.234 e. The van der Waals surface area contributed by atoms with Crippen LogP contribution >= 0.6 is 15.9 Å². The van der Waals surface area contributed by atoms with Gasteiger partial charge in [0.2, 0.25) is 5.91 Å². The Bertz CT molecular complexity index is 174. The van der Waals surface area contributed by atoms with Crippen molar-refractivity contribution in [2.24, 2.45) is 5.92 Å². The molecule has 0 aromatic heterocycles. The first-order valence-electron chi connectivity index (χ1n) is 5.59. The van der Waals surface area contributed by atoms with E-state index in [1.165, 1.54) is 0 Å². The number of halogens is 1. The van der Waals surface area contributed by atoms with Gasteiger partial charge in [0, 0.05) is 19.8 Å². The van der Waals surface area contributed by atoms with Crippen LogP contribution in [0.1, 0.15) is 33.6 Å². The van der Waals surface area contributed by atoms with Crippen LogP contribution in [0.3, 0.4) is 0 Å². The third-order valence-electron chi connectivity index (χ3n) is 1.95. The SMILES string of the molecule is CCCOCCCNC(=O)C(Br)C(C)C. The van der Waals surface area contributed by atoms with Crippen molar-refractivity contribution in [3.8, 4) is 0 Å². The summed E-state index contributed by atoms with van der Waals surface area (Å²) in [6.07, 6.45) is 1.92. The summed E-state index contributed by atoms with van der Waals surface area (Å²) >= 11 is 3.36. The van der Waals surface area contributed by atoms with Gasteiger partial charge in [-0.15, -0.1) is 0 Å². The Morgan fingerprint density at radius 2 is 2.07 bits per heavy atom. The number of carbonyl (C=O) groups excluding carboxylic acids is 1. The molecule has 0 aromatic carbocycles. The zero-order valence-electron chi connectivity index (χ0n) is 9.88. The van der Waals surface area contributed by atoms with Crippen LogP contribution in [0.5, 0.6) is 0 Å². The fourth-order valence-electron chi connectivity index (χ4n) is 1.03. The Labute approximate surface area is 101 Å². The van der Waals surface area contributed by atoms with E-state index in [1.54, 1.807) is 0 Å². The molecule has 4 heteroatoms. The molecular formula is C11H22BrNO2. The highest BCUT2D eigenvalue weighted by Crippen LogP contribution is 2.11. The minimum atomic E-state index is -0.0888. The van der Waals surface area contributed by atoms with E-state index in [0.717, 1.165) is 26.1 Å². The molecule has 3 nitrogen and oxygen atoms in total. The summed E-state index contributed by atoms with van der Waals surface area (Å²) in [4.78, 5) is 11.4. The molecule has 0 radical (unpaired) electrons. The Hall–Kier alpha value is -0.0900. The molecule has 0 aliphatic heterocycles. The van der Waals surface area contributed by atoms with Crippen molar-refractivity contribution in [3.63, 3.8) is 0 Å². The lowest BCUT2D eigenvalue weighted by Gasteiger charge is -2.13. The molecule has 1 amide bonds. The summed E-state index contributed by atoms with van der Waals surface area (Å²) < 4.78 is 5.31. The number of rotatable bonds is 8. The lowest BCUT2D eigenvalue weighted by molar-refractivity contribution is -0.121. The quantitative estimate of drug-likeness (QED) is 0.547. The van der Waals surface area contributed by atoms with Crippen molar-refractivity contribution >= 4 is 21.8 Å². The van der Waals surface area contributed by atoms with Crippen LogP contribution in [0, 0.1) is 5.92 Å². The third kappa shape index (κ3) is 7.79. The van der Waals surface area contributed by atoms with Gasteiger partial charge >= 0.3 is 0 Å². The minimum Gasteiger partial charge on any atom is -0.381 e. The first-order chi connectivity index (χ1) is 7.09. The normalized spacial score (nSPS) is 12.9. The molecular weight excluding hydrogens is 258 g/mol. The maximum atomic E-state index is 11.5. The van der Waals surface area contributed by atoms with E-state index in [-0.39, 0.29) is 10.7 Å². The van der Waals surface area contributed by atoms with Crippen LogP contribution < -0.4 is 5.32 Å². The topological polar surface area (TPSA) is 38.3 Å². The fraction of sp³-hybridized carbons (Fsp3) is 0.909. The van der Waals surface area contributed by atoms with Crippen molar-refractivity contribution in [2.45, 2.75) is 38.4 Å². The van der Waals surface area contributed by atoms with Gasteiger partial charge in [0.1, 0.15) is 0 Å². The van der Waals surface area contributed by atoms with Crippen LogP contribution in [-0.4, -0.2) is 30.5 Å². The van der Waals surface area contributed by atoms with Gasteiger partial charge < -0.3 is 10.1 Å². The van der Waals surface area contributed by atoms with Gasteiger partial charge in [-0.2, -0.15) is 0 Å². The molecule has 0 spiro atoms. The molecule has 0 saturated heterocycles. The second-order valence-corrected chi connectivity index (χ2v) is 4.89. The Morgan fingerprint density at radius 1 is 1.40 bits per heavy atom. The van der Waals surface area contributed by atoms with Crippen LogP contribution in [-0.2, 0) is 9.53 Å². The van der Waals surface area contributed by atoms with Crippen LogP contribution in [0.2, 0.25) is 0 Å². The average molecular weight is 280 g/mol. The Kier molecular flexibility index (Phi) is 9.10. The molecule has 0 heterocycles. The number of carbonyl (C=O) groups is 1. The van der Waals surface area contributed by atoms with Gasteiger partial charge in [0.15, 0.2) is 0 Å². The van der Waals surface area contributed by atoms with E-state index in [1.807, 2.05) is 13.8 Å². The number of hydrogen-bond acceptors (Lipinski definition) is 2. The Balaban J connectivity index is 3.39. The van der Waals surface area contributed by atoms with E-state index >= 15 is 0 Å². The Morgan fingerprint density at radius 3 is 2.60 bits per heavy atom. The standard InChI is InChI=1S/C11H22BrNO2/c1-4-7-15-8-5-6-13-11(14)10(12)9(2)3/h9-10H,4-8H2,1-3H3,(H,13,14). The van der Waals surface area contributed by atoms with E-state index < -0.39 is 0 Å². The summed E-state index contributed by atoms with van der Waals surface area (Å²) in [6.45, 7) is 8.34. The van der Waals surface area contributed by atoms with Gasteiger partial charge in [-0.25, -0.2) is 0 Å². The molecule has 0 fully saturated rings. The van der Waals surface area contributed by atoms with E-state index in [4.69, 9.17) is 4.74 Å². The monoisotopic (exact) mass is 279 g/mol. The van der Waals surface area contributed by atoms with Gasteiger partial charge in [-0.05, 0) is 18.8 Å². The summed E-state index contributed by atoms with van der Waals surface area (Å²) in [5.41, 5.74) is 0. The number of nitrogens with one attached hydrogen (secondary N) is 1. The van der Waals surface area contributed by atoms with E-state index in [0.29, 0.717) is 12.5 Å². The minimum absolute atomic E-state index is 0.0699. The molecule has 1 atom stereocenters. The smallest absolute Gasteiger partial charge is 0.234 e. The van der Waals surface area contributed by atoms with Crippen molar-refractivity contribution in [1.29, 1.82) is 0 Å². The predicted molar refractivity (Wildman–Crippen MR) is 66.3 cm³/mol. The predicted octanol–water partition coefficient (Wildman–Crippen LogP) is 2.34. The number of hydrogen-bond donors (Lipinski definition) is 1. The first-order valence-corrected chi connectivity index (χ1v) is 6.50. The van der Waals surface area contributed by atoms with Gasteiger partial charge in [-0.3, -0.25) is 4.79 Å². The molecule has 0 aliphatic carbocycles. The highest BCUT2D eigenvalue weighted by molar-refractivity contribution is 9.10. The lowest BCUT2D eigenvalue weighted by Crippen LogP contribution is -2.34. The number of ether oxygens (including phenoxy) is 1. The second kappa shape index (κ2) is 9.16. The maximum absolute atomic E-state index is 11.5. The first kappa shape index (κ1) is 14.9. The third-order valence-corrected chi connectivity index (χ3v) is 3.42. The zero-order chi connectivity index (χ0) is 11.7. The molecule has 0 aliphatic rings. The summed E-state index contributed by atoms with van der Waals surface area (Å²) in [5.74, 6) is 0.391. The van der Waals surface area contributed by atoms with Crippen LogP contribution in [0.15, 0.2) is 0 Å². The highest BCUT2D eigenvalue weighted by atomic mass is 79.9.